The average Bonchev–Trinajstić information content (AvgIpc) is 2.81. The molecule has 8 heteroatoms. The quantitative estimate of drug-likeness (QED) is 0.540. The second-order valence-electron chi connectivity index (χ2n) is 3.82. The van der Waals surface area contributed by atoms with E-state index in [2.05, 4.69) is 20.8 Å². The molecular formula is C11H13FN6O. The Hall–Kier alpha value is -2.48. The fourth-order valence-electron chi connectivity index (χ4n) is 1.58. The minimum atomic E-state index is -0.592. The highest BCUT2D eigenvalue weighted by molar-refractivity contribution is 5.99. The first kappa shape index (κ1) is 13.0. The summed E-state index contributed by atoms with van der Waals surface area (Å²) < 4.78 is 15.0. The molecule has 2 rings (SSSR count). The van der Waals surface area contributed by atoms with Crippen LogP contribution in [0.3, 0.4) is 0 Å². The molecule has 0 aliphatic heterocycles. The lowest BCUT2D eigenvalue weighted by molar-refractivity contribution is 0.0950. The van der Waals surface area contributed by atoms with Gasteiger partial charge >= 0.3 is 0 Å². The second kappa shape index (κ2) is 5.44. The van der Waals surface area contributed by atoms with Crippen LogP contribution in [0.25, 0.3) is 0 Å². The lowest BCUT2D eigenvalue weighted by atomic mass is 10.1. The van der Waals surface area contributed by atoms with Gasteiger partial charge in [-0.15, -0.1) is 0 Å². The highest BCUT2D eigenvalue weighted by Gasteiger charge is 2.14. The lowest BCUT2D eigenvalue weighted by Gasteiger charge is -2.09. The molecule has 0 saturated heterocycles. The van der Waals surface area contributed by atoms with Gasteiger partial charge in [0.2, 0.25) is 0 Å². The number of nitrogens with two attached hydrogens (primary N) is 1. The number of rotatable bonds is 4. The summed E-state index contributed by atoms with van der Waals surface area (Å²) >= 11 is 0. The molecule has 2 aromatic rings. The Bertz CT molecular complexity index is 597. The Morgan fingerprint density at radius 3 is 2.95 bits per heavy atom. The van der Waals surface area contributed by atoms with Crippen LogP contribution in [0.5, 0.6) is 0 Å². The molecule has 0 bridgehead atoms. The summed E-state index contributed by atoms with van der Waals surface area (Å²) in [6, 6.07) is 4.12. The Labute approximate surface area is 108 Å². The third kappa shape index (κ3) is 2.86. The summed E-state index contributed by atoms with van der Waals surface area (Å²) in [5.41, 5.74) is 2.25. The predicted octanol–water partition coefficient (Wildman–Crippen LogP) is 0.170. The van der Waals surface area contributed by atoms with Crippen molar-refractivity contribution in [2.45, 2.75) is 6.54 Å². The second-order valence-corrected chi connectivity index (χ2v) is 3.82. The number of para-hydroxylation sites is 1. The van der Waals surface area contributed by atoms with Crippen molar-refractivity contribution in [3.63, 3.8) is 0 Å². The van der Waals surface area contributed by atoms with E-state index in [1.54, 1.807) is 7.05 Å². The monoisotopic (exact) mass is 264 g/mol. The highest BCUT2D eigenvalue weighted by Crippen LogP contribution is 2.18. The van der Waals surface area contributed by atoms with Crippen LogP contribution in [0, 0.1) is 5.82 Å². The van der Waals surface area contributed by atoms with Gasteiger partial charge in [0.05, 0.1) is 17.8 Å². The predicted molar refractivity (Wildman–Crippen MR) is 66.4 cm³/mol. The van der Waals surface area contributed by atoms with Crippen molar-refractivity contribution in [3.05, 3.63) is 41.7 Å². The minimum absolute atomic E-state index is 0.0472. The number of aromatic nitrogens is 3. The van der Waals surface area contributed by atoms with E-state index >= 15 is 0 Å². The van der Waals surface area contributed by atoms with E-state index in [1.165, 1.54) is 29.2 Å². The normalized spacial score (nSPS) is 10.3. The molecule has 0 spiro atoms. The van der Waals surface area contributed by atoms with Crippen molar-refractivity contribution in [1.82, 2.24) is 20.1 Å². The highest BCUT2D eigenvalue weighted by atomic mass is 19.1. The molecule has 0 aliphatic carbocycles. The van der Waals surface area contributed by atoms with Gasteiger partial charge in [0.25, 0.3) is 5.91 Å². The first-order valence-electron chi connectivity index (χ1n) is 5.49. The van der Waals surface area contributed by atoms with Crippen LogP contribution in [0.2, 0.25) is 0 Å². The number of anilines is 1. The Morgan fingerprint density at radius 2 is 2.32 bits per heavy atom. The van der Waals surface area contributed by atoms with Crippen molar-refractivity contribution >= 4 is 11.6 Å². The summed E-state index contributed by atoms with van der Waals surface area (Å²) in [7, 11) is 1.72. The molecule has 1 amide bonds. The minimum Gasteiger partial charge on any atom is -0.345 e. The number of hydrogen-bond donors (Lipinski definition) is 3. The fraction of sp³-hybridized carbons (Fsp3) is 0.182. The van der Waals surface area contributed by atoms with Crippen molar-refractivity contribution in [1.29, 1.82) is 0 Å². The molecule has 19 heavy (non-hydrogen) atoms. The van der Waals surface area contributed by atoms with Crippen LogP contribution in [-0.2, 0) is 13.6 Å². The number of carbonyl (C=O) groups is 1. The van der Waals surface area contributed by atoms with E-state index in [0.29, 0.717) is 5.82 Å². The summed E-state index contributed by atoms with van der Waals surface area (Å²) in [5.74, 6) is 4.62. The topological polar surface area (TPSA) is 97.9 Å². The van der Waals surface area contributed by atoms with Crippen LogP contribution >= 0.6 is 0 Å². The Kier molecular flexibility index (Phi) is 3.71. The number of halogens is 1. The zero-order valence-corrected chi connectivity index (χ0v) is 10.2. The molecule has 0 atom stereocenters. The van der Waals surface area contributed by atoms with Gasteiger partial charge < -0.3 is 10.7 Å². The standard InChI is InChI=1S/C11H13FN6O/c1-18-6-15-9(17-18)5-14-11(19)7-3-2-4-8(12)10(7)16-13/h2-4,6,16H,5,13H2,1H3,(H,14,19). The van der Waals surface area contributed by atoms with Crippen LogP contribution in [0.4, 0.5) is 10.1 Å². The Balaban J connectivity index is 2.10. The van der Waals surface area contributed by atoms with Gasteiger partial charge in [-0.3, -0.25) is 15.3 Å². The fourth-order valence-corrected chi connectivity index (χ4v) is 1.58. The first-order valence-corrected chi connectivity index (χ1v) is 5.49. The summed E-state index contributed by atoms with van der Waals surface area (Å²) in [6.45, 7) is 0.153. The smallest absolute Gasteiger partial charge is 0.253 e. The zero-order chi connectivity index (χ0) is 13.8. The Morgan fingerprint density at radius 1 is 1.53 bits per heavy atom. The molecule has 4 N–H and O–H groups in total. The van der Waals surface area contributed by atoms with Crippen molar-refractivity contribution < 1.29 is 9.18 Å². The largest absolute Gasteiger partial charge is 0.345 e. The van der Waals surface area contributed by atoms with Gasteiger partial charge in [0.15, 0.2) is 5.82 Å². The van der Waals surface area contributed by atoms with Gasteiger partial charge in [0, 0.05) is 7.05 Å². The number of aryl methyl sites for hydroxylation is 1. The maximum absolute atomic E-state index is 13.4. The van der Waals surface area contributed by atoms with Gasteiger partial charge in [-0.05, 0) is 12.1 Å². The van der Waals surface area contributed by atoms with Gasteiger partial charge in [-0.1, -0.05) is 6.07 Å². The summed E-state index contributed by atoms with van der Waals surface area (Å²) in [5, 5.41) is 6.60. The molecule has 0 aliphatic rings. The number of amides is 1. The van der Waals surface area contributed by atoms with E-state index in [1.807, 2.05) is 0 Å². The maximum Gasteiger partial charge on any atom is 0.253 e. The molecule has 100 valence electrons. The number of hydrogen-bond acceptors (Lipinski definition) is 5. The SMILES string of the molecule is Cn1cnc(CNC(=O)c2cccc(F)c2NN)n1. The number of nitrogen functional groups attached to an aromatic ring is 1. The van der Waals surface area contributed by atoms with Crippen molar-refractivity contribution in [2.75, 3.05) is 5.43 Å². The van der Waals surface area contributed by atoms with E-state index in [9.17, 15) is 9.18 Å². The molecule has 1 aromatic carbocycles. The van der Waals surface area contributed by atoms with Crippen molar-refractivity contribution in [2.24, 2.45) is 12.9 Å². The van der Waals surface area contributed by atoms with Gasteiger partial charge in [-0.2, -0.15) is 5.10 Å². The lowest BCUT2D eigenvalue weighted by Crippen LogP contribution is -2.25. The zero-order valence-electron chi connectivity index (χ0n) is 10.2. The molecular weight excluding hydrogens is 251 g/mol. The number of benzene rings is 1. The first-order chi connectivity index (χ1) is 9.11. The van der Waals surface area contributed by atoms with E-state index in [-0.39, 0.29) is 17.8 Å². The van der Waals surface area contributed by atoms with E-state index in [0.717, 1.165) is 0 Å². The molecule has 0 unspecified atom stereocenters. The van der Waals surface area contributed by atoms with Crippen molar-refractivity contribution in [3.8, 4) is 0 Å². The van der Waals surface area contributed by atoms with E-state index in [4.69, 9.17) is 5.84 Å². The van der Waals surface area contributed by atoms with Crippen LogP contribution in [-0.4, -0.2) is 20.7 Å². The van der Waals surface area contributed by atoms with Crippen LogP contribution < -0.4 is 16.6 Å². The third-order valence-corrected chi connectivity index (χ3v) is 2.46. The average molecular weight is 264 g/mol. The third-order valence-electron chi connectivity index (χ3n) is 2.46. The maximum atomic E-state index is 13.4. The van der Waals surface area contributed by atoms with Gasteiger partial charge in [0.1, 0.15) is 12.1 Å². The summed E-state index contributed by atoms with van der Waals surface area (Å²) in [4.78, 5) is 15.9. The summed E-state index contributed by atoms with van der Waals surface area (Å²) in [6.07, 6.45) is 1.52. The molecule has 7 nitrogen and oxygen atoms in total. The number of nitrogens with zero attached hydrogens (tertiary/aromatic N) is 3. The molecule has 0 radical (unpaired) electrons. The number of hydrazine groups is 1. The number of nitrogens with one attached hydrogen (secondary N) is 2. The molecule has 0 saturated carbocycles. The van der Waals surface area contributed by atoms with Gasteiger partial charge in [-0.25, -0.2) is 9.37 Å². The number of carbonyl (C=O) groups excluding carboxylic acids is 1. The van der Waals surface area contributed by atoms with E-state index < -0.39 is 11.7 Å². The van der Waals surface area contributed by atoms with Crippen LogP contribution in [0.1, 0.15) is 16.2 Å². The van der Waals surface area contributed by atoms with Crippen LogP contribution in [0.15, 0.2) is 24.5 Å². The molecule has 0 fully saturated rings. The molecule has 1 heterocycles. The molecule has 1 aromatic heterocycles.